The molecule has 2 saturated carbocycles. The van der Waals surface area contributed by atoms with Crippen LogP contribution in [0.3, 0.4) is 0 Å². The Kier molecular flexibility index (Phi) is 1.56. The summed E-state index contributed by atoms with van der Waals surface area (Å²) in [5.41, 5.74) is -0.0438. The first-order valence-corrected chi connectivity index (χ1v) is 5.39. The van der Waals surface area contributed by atoms with E-state index >= 15 is 0 Å². The predicted molar refractivity (Wildman–Crippen MR) is 49.8 cm³/mol. The van der Waals surface area contributed by atoms with E-state index in [-0.39, 0.29) is 41.4 Å². The molecule has 4 heteroatoms. The number of fused-ring (bicyclic) bond motifs is 1. The Labute approximate surface area is 87.9 Å². The second-order valence-corrected chi connectivity index (χ2v) is 5.26. The molecule has 0 aromatic carbocycles. The zero-order valence-corrected chi connectivity index (χ0v) is 8.86. The third-order valence-electron chi connectivity index (χ3n) is 4.16. The van der Waals surface area contributed by atoms with E-state index in [2.05, 4.69) is 6.92 Å². The molecule has 3 aliphatic rings. The molecule has 2 bridgehead atoms. The summed E-state index contributed by atoms with van der Waals surface area (Å²) in [5.74, 6) is -0.0321. The Morgan fingerprint density at radius 2 is 2.27 bits per heavy atom. The largest absolute Gasteiger partial charge is 0.458 e. The quantitative estimate of drug-likeness (QED) is 0.603. The number of hydrogen-bond acceptors (Lipinski definition) is 4. The molecule has 5 unspecified atom stereocenters. The van der Waals surface area contributed by atoms with Gasteiger partial charge in [-0.3, -0.25) is 9.59 Å². The van der Waals surface area contributed by atoms with Crippen molar-refractivity contribution in [2.75, 3.05) is 0 Å². The van der Waals surface area contributed by atoms with Gasteiger partial charge in [0.1, 0.15) is 12.2 Å². The summed E-state index contributed by atoms with van der Waals surface area (Å²) in [6.45, 7) is 3.50. The summed E-state index contributed by atoms with van der Waals surface area (Å²) in [6, 6.07) is 0. The highest BCUT2D eigenvalue weighted by atomic mass is 16.6. The third-order valence-corrected chi connectivity index (χ3v) is 4.16. The van der Waals surface area contributed by atoms with E-state index in [0.717, 1.165) is 12.8 Å². The van der Waals surface area contributed by atoms with Gasteiger partial charge in [-0.2, -0.15) is 0 Å². The van der Waals surface area contributed by atoms with Crippen LogP contribution >= 0.6 is 0 Å². The summed E-state index contributed by atoms with van der Waals surface area (Å²) >= 11 is 0. The van der Waals surface area contributed by atoms with Gasteiger partial charge in [0.15, 0.2) is 0 Å². The number of esters is 2. The van der Waals surface area contributed by atoms with Crippen molar-refractivity contribution in [3.8, 4) is 0 Å². The van der Waals surface area contributed by atoms with Crippen LogP contribution in [0.15, 0.2) is 0 Å². The fraction of sp³-hybridized carbons (Fsp3) is 0.818. The van der Waals surface area contributed by atoms with Gasteiger partial charge >= 0.3 is 11.9 Å². The highest BCUT2D eigenvalue weighted by Crippen LogP contribution is 2.62. The van der Waals surface area contributed by atoms with E-state index in [4.69, 9.17) is 9.47 Å². The lowest BCUT2D eigenvalue weighted by Gasteiger charge is -2.32. The minimum Gasteiger partial charge on any atom is -0.458 e. The highest BCUT2D eigenvalue weighted by molar-refractivity contribution is 5.77. The standard InChI is InChI=1S/C11H14O4/c1-5(12)14-9-8-6-3-11(9,2)4-7(6)10(13)15-8/h6-9H,3-4H2,1-2H3. The van der Waals surface area contributed by atoms with E-state index < -0.39 is 0 Å². The van der Waals surface area contributed by atoms with E-state index in [1.54, 1.807) is 0 Å². The molecule has 0 radical (unpaired) electrons. The summed E-state index contributed by atoms with van der Waals surface area (Å²) in [6.07, 6.45) is 1.37. The van der Waals surface area contributed by atoms with Gasteiger partial charge in [-0.15, -0.1) is 0 Å². The maximum absolute atomic E-state index is 11.5. The van der Waals surface area contributed by atoms with Crippen molar-refractivity contribution >= 4 is 11.9 Å². The van der Waals surface area contributed by atoms with Crippen molar-refractivity contribution < 1.29 is 19.1 Å². The lowest BCUT2D eigenvalue weighted by molar-refractivity contribution is -0.163. The maximum Gasteiger partial charge on any atom is 0.309 e. The Morgan fingerprint density at radius 3 is 2.93 bits per heavy atom. The van der Waals surface area contributed by atoms with Gasteiger partial charge < -0.3 is 9.47 Å². The van der Waals surface area contributed by atoms with Crippen molar-refractivity contribution in [3.05, 3.63) is 0 Å². The van der Waals surface area contributed by atoms with Crippen LogP contribution in [0.25, 0.3) is 0 Å². The lowest BCUT2D eigenvalue weighted by Crippen LogP contribution is -2.40. The predicted octanol–water partition coefficient (Wildman–Crippen LogP) is 0.890. The van der Waals surface area contributed by atoms with E-state index in [1.807, 2.05) is 0 Å². The summed E-state index contributed by atoms with van der Waals surface area (Å²) < 4.78 is 10.6. The molecule has 3 rings (SSSR count). The Balaban J connectivity index is 1.93. The van der Waals surface area contributed by atoms with E-state index in [0.29, 0.717) is 0 Å². The van der Waals surface area contributed by atoms with Crippen molar-refractivity contribution in [2.24, 2.45) is 17.3 Å². The second-order valence-electron chi connectivity index (χ2n) is 5.26. The zero-order chi connectivity index (χ0) is 10.8. The monoisotopic (exact) mass is 210 g/mol. The summed E-state index contributed by atoms with van der Waals surface area (Å²) in [4.78, 5) is 22.5. The smallest absolute Gasteiger partial charge is 0.309 e. The average Bonchev–Trinajstić information content (AvgIpc) is 2.65. The third kappa shape index (κ3) is 1.02. The molecular weight excluding hydrogens is 196 g/mol. The van der Waals surface area contributed by atoms with Crippen molar-refractivity contribution in [3.63, 3.8) is 0 Å². The molecule has 0 N–H and O–H groups in total. The molecule has 5 atom stereocenters. The second kappa shape index (κ2) is 2.54. The Hall–Kier alpha value is -1.06. The molecule has 0 aromatic rings. The van der Waals surface area contributed by atoms with Crippen LogP contribution in [0.4, 0.5) is 0 Å². The van der Waals surface area contributed by atoms with Crippen LogP contribution in [-0.4, -0.2) is 24.1 Å². The van der Waals surface area contributed by atoms with Crippen LogP contribution < -0.4 is 0 Å². The topological polar surface area (TPSA) is 52.6 Å². The molecule has 0 amide bonds. The number of carbonyl (C=O) groups excluding carboxylic acids is 2. The van der Waals surface area contributed by atoms with E-state index in [9.17, 15) is 9.59 Å². The zero-order valence-electron chi connectivity index (χ0n) is 8.86. The van der Waals surface area contributed by atoms with Gasteiger partial charge in [0, 0.05) is 18.3 Å². The first-order valence-electron chi connectivity index (χ1n) is 5.39. The summed E-state index contributed by atoms with van der Waals surface area (Å²) in [7, 11) is 0. The van der Waals surface area contributed by atoms with Gasteiger partial charge in [0.2, 0.25) is 0 Å². The Bertz CT molecular complexity index is 350. The lowest BCUT2D eigenvalue weighted by atomic mass is 9.79. The van der Waals surface area contributed by atoms with E-state index in [1.165, 1.54) is 6.92 Å². The van der Waals surface area contributed by atoms with Crippen LogP contribution in [0, 0.1) is 17.3 Å². The number of rotatable bonds is 1. The SMILES string of the molecule is CC(=O)OC1C2OC(=O)C3CC1(C)CC32. The molecule has 0 aromatic heterocycles. The van der Waals surface area contributed by atoms with Crippen molar-refractivity contribution in [1.29, 1.82) is 0 Å². The number of hydrogen-bond donors (Lipinski definition) is 0. The van der Waals surface area contributed by atoms with Gasteiger partial charge in [0.05, 0.1) is 5.92 Å². The van der Waals surface area contributed by atoms with Crippen LogP contribution in [0.2, 0.25) is 0 Å². The average molecular weight is 210 g/mol. The number of ether oxygens (including phenoxy) is 2. The molecule has 4 nitrogen and oxygen atoms in total. The molecular formula is C11H14O4. The van der Waals surface area contributed by atoms with Crippen LogP contribution in [-0.2, 0) is 19.1 Å². The maximum atomic E-state index is 11.5. The normalized spacial score (nSPS) is 50.7. The first kappa shape index (κ1) is 9.19. The van der Waals surface area contributed by atoms with Crippen molar-refractivity contribution in [1.82, 2.24) is 0 Å². The van der Waals surface area contributed by atoms with Crippen LogP contribution in [0.1, 0.15) is 26.7 Å². The summed E-state index contributed by atoms with van der Waals surface area (Å²) in [5, 5.41) is 0. The molecule has 1 saturated heterocycles. The van der Waals surface area contributed by atoms with Gasteiger partial charge in [-0.05, 0) is 12.8 Å². The fourth-order valence-corrected chi connectivity index (χ4v) is 3.63. The van der Waals surface area contributed by atoms with Gasteiger partial charge in [-0.1, -0.05) is 6.92 Å². The fourth-order valence-electron chi connectivity index (χ4n) is 3.63. The molecule has 1 aliphatic heterocycles. The Morgan fingerprint density at radius 1 is 1.53 bits per heavy atom. The molecule has 2 aliphatic carbocycles. The van der Waals surface area contributed by atoms with Gasteiger partial charge in [0.25, 0.3) is 0 Å². The minimum atomic E-state index is -0.284. The molecule has 3 fully saturated rings. The minimum absolute atomic E-state index is 0.0438. The molecule has 15 heavy (non-hydrogen) atoms. The van der Waals surface area contributed by atoms with Gasteiger partial charge in [-0.25, -0.2) is 0 Å². The molecule has 0 spiro atoms. The van der Waals surface area contributed by atoms with Crippen LogP contribution in [0.5, 0.6) is 0 Å². The highest BCUT2D eigenvalue weighted by Gasteiger charge is 2.68. The first-order chi connectivity index (χ1) is 7.01. The molecule has 82 valence electrons. The molecule has 1 heterocycles. The van der Waals surface area contributed by atoms with Crippen molar-refractivity contribution in [2.45, 2.75) is 38.9 Å². The number of carbonyl (C=O) groups is 2.